The fourth-order valence-corrected chi connectivity index (χ4v) is 4.33. The summed E-state index contributed by atoms with van der Waals surface area (Å²) in [6.07, 6.45) is -0.401. The van der Waals surface area contributed by atoms with Gasteiger partial charge in [-0.3, -0.25) is 4.57 Å². The summed E-state index contributed by atoms with van der Waals surface area (Å²) in [6, 6.07) is 6.12. The highest BCUT2D eigenvalue weighted by Crippen LogP contribution is 2.34. The predicted octanol–water partition coefficient (Wildman–Crippen LogP) is 2.33. The van der Waals surface area contributed by atoms with Crippen molar-refractivity contribution in [3.63, 3.8) is 0 Å². The Hall–Kier alpha value is -3.13. The maximum absolute atomic E-state index is 13.7. The van der Waals surface area contributed by atoms with Gasteiger partial charge in [0.05, 0.1) is 18.0 Å². The van der Waals surface area contributed by atoms with Crippen molar-refractivity contribution < 1.29 is 23.7 Å². The molecular weight excluding hydrogens is 432 g/mol. The van der Waals surface area contributed by atoms with Gasteiger partial charge in [0.15, 0.2) is 23.2 Å². The number of hydrogen-bond donors (Lipinski definition) is 3. The monoisotopic (exact) mass is 455 g/mol. The van der Waals surface area contributed by atoms with Crippen LogP contribution in [0.5, 0.6) is 0 Å². The summed E-state index contributed by atoms with van der Waals surface area (Å²) in [5, 5.41) is 24.3. The first-order valence-corrected chi connectivity index (χ1v) is 10.8. The van der Waals surface area contributed by atoms with Gasteiger partial charge in [-0.1, -0.05) is 24.0 Å². The molecule has 2 fully saturated rings. The molecule has 1 aromatic carbocycles. The molecule has 8 nitrogen and oxygen atoms in total. The van der Waals surface area contributed by atoms with E-state index in [9.17, 15) is 19.0 Å². The van der Waals surface area contributed by atoms with Crippen LogP contribution in [0.4, 0.5) is 14.6 Å². The van der Waals surface area contributed by atoms with Crippen LogP contribution in [0.15, 0.2) is 36.9 Å². The van der Waals surface area contributed by atoms with E-state index in [-0.39, 0.29) is 18.0 Å². The van der Waals surface area contributed by atoms with E-state index < -0.39 is 36.5 Å². The highest BCUT2D eigenvalue weighted by atomic mass is 19.1. The first kappa shape index (κ1) is 21.7. The topological polar surface area (TPSA) is 105 Å². The number of aliphatic hydroxyl groups excluding tert-OH is 2. The zero-order valence-electron chi connectivity index (χ0n) is 17.6. The summed E-state index contributed by atoms with van der Waals surface area (Å²) in [5.74, 6) is 5.60. The lowest BCUT2D eigenvalue weighted by molar-refractivity contribution is -0.0332. The van der Waals surface area contributed by atoms with Gasteiger partial charge >= 0.3 is 0 Å². The highest BCUT2D eigenvalue weighted by Gasteiger charge is 2.44. The first-order chi connectivity index (χ1) is 16.0. The van der Waals surface area contributed by atoms with Gasteiger partial charge in [0.1, 0.15) is 30.5 Å². The van der Waals surface area contributed by atoms with E-state index in [2.05, 4.69) is 32.1 Å². The molecule has 2 unspecified atom stereocenters. The van der Waals surface area contributed by atoms with Crippen LogP contribution in [0.1, 0.15) is 37.5 Å². The molecule has 6 atom stereocenters. The number of nitrogens with zero attached hydrogens (tertiary/aromatic N) is 4. The molecule has 10 heteroatoms. The number of anilines is 1. The Morgan fingerprint density at radius 3 is 2.79 bits per heavy atom. The Balaban J connectivity index is 1.33. The Labute approximate surface area is 188 Å². The zero-order chi connectivity index (χ0) is 22.9. The fraction of sp³-hybridized carbons (Fsp3) is 0.435. The number of halogens is 2. The van der Waals surface area contributed by atoms with Gasteiger partial charge in [-0.2, -0.15) is 0 Å². The molecule has 1 saturated carbocycles. The lowest BCUT2D eigenvalue weighted by atomic mass is 10.1. The highest BCUT2D eigenvalue weighted by molar-refractivity contribution is 5.82. The van der Waals surface area contributed by atoms with E-state index in [1.54, 1.807) is 18.2 Å². The first-order valence-electron chi connectivity index (χ1n) is 10.8. The molecule has 0 bridgehead atoms. The molecule has 2 aliphatic rings. The van der Waals surface area contributed by atoms with Gasteiger partial charge in [-0.25, -0.2) is 23.7 Å². The minimum absolute atomic E-state index is 0.0317. The molecule has 5 rings (SSSR count). The molecule has 1 saturated heterocycles. The molecule has 172 valence electrons. The standard InChI is InChI=1S/C23H23F2N5O3/c24-14-8-9-15(10-14)29-21-18-22(27-11-26-21)30(12-28-18)23-20(32)19(31)17(33-23)7-3-5-13-4-1-2-6-16(13)25/h1-2,4,6,11-12,14-15,17,19-20,23,31-32H,7-10H2,(H,26,27,29)/t14?,15?,17-,19-,20-,23-/m1/s1. The summed E-state index contributed by atoms with van der Waals surface area (Å²) in [6.45, 7) is 0. The summed E-state index contributed by atoms with van der Waals surface area (Å²) in [4.78, 5) is 12.9. The number of aromatic nitrogens is 4. The molecule has 1 aliphatic carbocycles. The van der Waals surface area contributed by atoms with Gasteiger partial charge < -0.3 is 20.3 Å². The summed E-state index contributed by atoms with van der Waals surface area (Å²) < 4.78 is 34.7. The Morgan fingerprint density at radius 1 is 1.15 bits per heavy atom. The van der Waals surface area contributed by atoms with Crippen molar-refractivity contribution in [1.29, 1.82) is 0 Å². The second-order valence-corrected chi connectivity index (χ2v) is 8.33. The molecule has 0 radical (unpaired) electrons. The SMILES string of the molecule is O[C@@H]1[C@H](O)[C@@H](CC#Cc2ccccc2F)O[C@H]1n1cnc2c(NC3CCC(F)C3)ncnc21. The van der Waals surface area contributed by atoms with E-state index in [1.807, 2.05) is 0 Å². The Morgan fingerprint density at radius 2 is 2.00 bits per heavy atom. The molecular formula is C23H23F2N5O3. The summed E-state index contributed by atoms with van der Waals surface area (Å²) in [5.41, 5.74) is 1.13. The summed E-state index contributed by atoms with van der Waals surface area (Å²) in [7, 11) is 0. The molecule has 1 aliphatic heterocycles. The number of imidazole rings is 1. The van der Waals surface area contributed by atoms with Gasteiger partial charge in [0, 0.05) is 12.5 Å². The van der Waals surface area contributed by atoms with Crippen molar-refractivity contribution >= 4 is 17.0 Å². The van der Waals surface area contributed by atoms with Gasteiger partial charge in [-0.05, 0) is 31.4 Å². The molecule has 3 heterocycles. The van der Waals surface area contributed by atoms with E-state index >= 15 is 0 Å². The lowest BCUT2D eigenvalue weighted by Gasteiger charge is -2.17. The largest absolute Gasteiger partial charge is 0.387 e. The number of aliphatic hydroxyl groups is 2. The van der Waals surface area contributed by atoms with E-state index in [0.29, 0.717) is 36.2 Å². The number of ether oxygens (including phenoxy) is 1. The number of alkyl halides is 1. The average molecular weight is 455 g/mol. The third-order valence-corrected chi connectivity index (χ3v) is 6.08. The third kappa shape index (κ3) is 4.27. The van der Waals surface area contributed by atoms with Crippen LogP contribution in [0, 0.1) is 17.7 Å². The van der Waals surface area contributed by atoms with E-state index in [4.69, 9.17) is 4.74 Å². The van der Waals surface area contributed by atoms with Crippen LogP contribution < -0.4 is 5.32 Å². The molecule has 3 aromatic rings. The minimum atomic E-state index is -1.24. The van der Waals surface area contributed by atoms with Crippen molar-refractivity contribution in [1.82, 2.24) is 19.5 Å². The molecule has 3 N–H and O–H groups in total. The Bertz CT molecular complexity index is 1210. The fourth-order valence-electron chi connectivity index (χ4n) is 4.33. The van der Waals surface area contributed by atoms with Crippen molar-refractivity contribution in [3.8, 4) is 11.8 Å². The Kier molecular flexibility index (Phi) is 5.93. The summed E-state index contributed by atoms with van der Waals surface area (Å²) >= 11 is 0. The van der Waals surface area contributed by atoms with Gasteiger partial charge in [-0.15, -0.1) is 0 Å². The zero-order valence-corrected chi connectivity index (χ0v) is 17.6. The average Bonchev–Trinajstić information content (AvgIpc) is 3.49. The maximum Gasteiger partial charge on any atom is 0.167 e. The molecule has 2 aromatic heterocycles. The molecule has 0 spiro atoms. The predicted molar refractivity (Wildman–Crippen MR) is 115 cm³/mol. The van der Waals surface area contributed by atoms with Crippen LogP contribution >= 0.6 is 0 Å². The van der Waals surface area contributed by atoms with Crippen LogP contribution in [0.25, 0.3) is 11.2 Å². The second kappa shape index (κ2) is 9.02. The third-order valence-electron chi connectivity index (χ3n) is 6.08. The number of rotatable bonds is 4. The van der Waals surface area contributed by atoms with Crippen LogP contribution in [-0.4, -0.2) is 60.3 Å². The quantitative estimate of drug-likeness (QED) is 0.519. The molecule has 33 heavy (non-hydrogen) atoms. The van der Waals surface area contributed by atoms with Gasteiger partial charge in [0.25, 0.3) is 0 Å². The number of fused-ring (bicyclic) bond motifs is 1. The maximum atomic E-state index is 13.7. The number of nitrogens with one attached hydrogen (secondary N) is 1. The van der Waals surface area contributed by atoms with E-state index in [1.165, 1.54) is 23.3 Å². The second-order valence-electron chi connectivity index (χ2n) is 8.33. The smallest absolute Gasteiger partial charge is 0.167 e. The van der Waals surface area contributed by atoms with Gasteiger partial charge in [0.2, 0.25) is 0 Å². The van der Waals surface area contributed by atoms with Crippen molar-refractivity contribution in [3.05, 3.63) is 48.3 Å². The van der Waals surface area contributed by atoms with Crippen molar-refractivity contribution in [2.75, 3.05) is 5.32 Å². The normalized spacial score (nSPS) is 29.2. The van der Waals surface area contributed by atoms with Crippen LogP contribution in [0.2, 0.25) is 0 Å². The number of hydrogen-bond acceptors (Lipinski definition) is 7. The number of benzene rings is 1. The van der Waals surface area contributed by atoms with Crippen molar-refractivity contribution in [2.24, 2.45) is 0 Å². The molecule has 0 amide bonds. The van der Waals surface area contributed by atoms with Crippen LogP contribution in [-0.2, 0) is 4.74 Å². The van der Waals surface area contributed by atoms with E-state index in [0.717, 1.165) is 0 Å². The van der Waals surface area contributed by atoms with Crippen LogP contribution in [0.3, 0.4) is 0 Å². The lowest BCUT2D eigenvalue weighted by Crippen LogP contribution is -2.31. The minimum Gasteiger partial charge on any atom is -0.387 e. The van der Waals surface area contributed by atoms with Crippen molar-refractivity contribution in [2.45, 2.75) is 62.4 Å².